The Morgan fingerprint density at radius 1 is 1.11 bits per heavy atom. The first-order chi connectivity index (χ1) is 9.17. The van der Waals surface area contributed by atoms with Crippen LogP contribution < -0.4 is 14.4 Å². The molecule has 1 saturated heterocycles. The van der Waals surface area contributed by atoms with Crippen molar-refractivity contribution in [2.45, 2.75) is 19.3 Å². The monoisotopic (exact) mass is 266 g/mol. The zero-order valence-electron chi connectivity index (χ0n) is 11.2. The van der Waals surface area contributed by atoms with E-state index in [0.717, 1.165) is 25.9 Å². The summed E-state index contributed by atoms with van der Waals surface area (Å²) in [6.45, 7) is 1.69. The average Bonchev–Trinajstić information content (AvgIpc) is 2.46. The Kier molecular flexibility index (Phi) is 4.09. The van der Waals surface area contributed by atoms with Crippen LogP contribution in [0.5, 0.6) is 11.5 Å². The van der Waals surface area contributed by atoms with Crippen molar-refractivity contribution in [3.63, 3.8) is 0 Å². The van der Waals surface area contributed by atoms with Gasteiger partial charge in [-0.05, 0) is 19.3 Å². The van der Waals surface area contributed by atoms with Gasteiger partial charge < -0.3 is 14.4 Å². The molecule has 1 aliphatic heterocycles. The van der Waals surface area contributed by atoms with Crippen molar-refractivity contribution in [2.24, 2.45) is 0 Å². The topological polar surface area (TPSA) is 64.8 Å². The van der Waals surface area contributed by atoms with Crippen LogP contribution in [0.2, 0.25) is 0 Å². The number of anilines is 1. The van der Waals surface area contributed by atoms with Crippen molar-refractivity contribution in [1.82, 2.24) is 0 Å². The molecule has 2 rings (SSSR count). The van der Waals surface area contributed by atoms with E-state index in [2.05, 4.69) is 0 Å². The fraction of sp³-hybridized carbons (Fsp3) is 0.538. The molecule has 1 aliphatic rings. The maximum Gasteiger partial charge on any atom is 0.296 e. The third-order valence-corrected chi connectivity index (χ3v) is 3.37. The molecule has 0 unspecified atom stereocenters. The third kappa shape index (κ3) is 2.72. The van der Waals surface area contributed by atoms with E-state index >= 15 is 0 Å². The SMILES string of the molecule is COc1cc(N2CCCCC2)c([N+](=O)[O-])cc1OC. The molecule has 6 nitrogen and oxygen atoms in total. The van der Waals surface area contributed by atoms with Crippen LogP contribution in [-0.2, 0) is 0 Å². The van der Waals surface area contributed by atoms with E-state index in [4.69, 9.17) is 9.47 Å². The fourth-order valence-electron chi connectivity index (χ4n) is 2.39. The van der Waals surface area contributed by atoms with Gasteiger partial charge in [0.05, 0.1) is 25.2 Å². The van der Waals surface area contributed by atoms with E-state index in [0.29, 0.717) is 17.2 Å². The summed E-state index contributed by atoms with van der Waals surface area (Å²) in [6.07, 6.45) is 3.30. The molecule has 1 fully saturated rings. The highest BCUT2D eigenvalue weighted by molar-refractivity contribution is 5.69. The highest BCUT2D eigenvalue weighted by atomic mass is 16.6. The van der Waals surface area contributed by atoms with Crippen molar-refractivity contribution >= 4 is 11.4 Å². The van der Waals surface area contributed by atoms with Crippen LogP contribution in [0, 0.1) is 10.1 Å². The molecule has 6 heteroatoms. The molecule has 0 amide bonds. The lowest BCUT2D eigenvalue weighted by molar-refractivity contribution is -0.384. The summed E-state index contributed by atoms with van der Waals surface area (Å²) in [5, 5.41) is 11.2. The number of hydrogen-bond acceptors (Lipinski definition) is 5. The Balaban J connectivity index is 2.46. The average molecular weight is 266 g/mol. The van der Waals surface area contributed by atoms with Crippen LogP contribution in [-0.4, -0.2) is 32.2 Å². The van der Waals surface area contributed by atoms with Crippen LogP contribution >= 0.6 is 0 Å². The Bertz CT molecular complexity index is 470. The van der Waals surface area contributed by atoms with Crippen molar-refractivity contribution in [1.29, 1.82) is 0 Å². The molecule has 0 bridgehead atoms. The number of nitro groups is 1. The first-order valence-electron chi connectivity index (χ1n) is 6.32. The largest absolute Gasteiger partial charge is 0.493 e. The lowest BCUT2D eigenvalue weighted by atomic mass is 10.1. The lowest BCUT2D eigenvalue weighted by Crippen LogP contribution is -2.30. The molecule has 1 heterocycles. The predicted octanol–water partition coefficient (Wildman–Crippen LogP) is 2.60. The summed E-state index contributed by atoms with van der Waals surface area (Å²) in [5.41, 5.74) is 0.682. The molecule has 0 N–H and O–H groups in total. The van der Waals surface area contributed by atoms with Gasteiger partial charge in [0.1, 0.15) is 5.69 Å². The number of methoxy groups -OCH3 is 2. The second-order valence-electron chi connectivity index (χ2n) is 4.50. The summed E-state index contributed by atoms with van der Waals surface area (Å²) in [7, 11) is 3.01. The Morgan fingerprint density at radius 2 is 1.68 bits per heavy atom. The first kappa shape index (κ1) is 13.5. The molecule has 0 aliphatic carbocycles. The van der Waals surface area contributed by atoms with E-state index in [1.165, 1.54) is 26.7 Å². The molecule has 0 atom stereocenters. The molecular weight excluding hydrogens is 248 g/mol. The molecular formula is C13H18N2O4. The summed E-state index contributed by atoms with van der Waals surface area (Å²) in [6, 6.07) is 3.13. The molecule has 1 aromatic rings. The minimum Gasteiger partial charge on any atom is -0.493 e. The summed E-state index contributed by atoms with van der Waals surface area (Å²) in [4.78, 5) is 12.9. The molecule has 0 radical (unpaired) electrons. The van der Waals surface area contributed by atoms with E-state index < -0.39 is 0 Å². The van der Waals surface area contributed by atoms with Gasteiger partial charge >= 0.3 is 0 Å². The number of nitrogens with zero attached hydrogens (tertiary/aromatic N) is 2. The van der Waals surface area contributed by atoms with Crippen LogP contribution in [0.15, 0.2) is 12.1 Å². The zero-order chi connectivity index (χ0) is 13.8. The molecule has 0 spiro atoms. The van der Waals surface area contributed by atoms with Gasteiger partial charge in [0.15, 0.2) is 11.5 Å². The van der Waals surface area contributed by atoms with E-state index in [1.54, 1.807) is 6.07 Å². The van der Waals surface area contributed by atoms with Gasteiger partial charge in [-0.1, -0.05) is 0 Å². The van der Waals surface area contributed by atoms with Gasteiger partial charge in [0.25, 0.3) is 5.69 Å². The smallest absolute Gasteiger partial charge is 0.296 e. The predicted molar refractivity (Wildman–Crippen MR) is 72.3 cm³/mol. The maximum atomic E-state index is 11.2. The summed E-state index contributed by atoms with van der Waals surface area (Å²) in [5.74, 6) is 0.906. The summed E-state index contributed by atoms with van der Waals surface area (Å²) < 4.78 is 10.3. The number of rotatable bonds is 4. The van der Waals surface area contributed by atoms with Crippen molar-refractivity contribution in [3.8, 4) is 11.5 Å². The molecule has 0 saturated carbocycles. The number of piperidine rings is 1. The molecule has 1 aromatic carbocycles. The molecule has 19 heavy (non-hydrogen) atoms. The van der Waals surface area contributed by atoms with Gasteiger partial charge in [-0.3, -0.25) is 10.1 Å². The van der Waals surface area contributed by atoms with Gasteiger partial charge in [0.2, 0.25) is 0 Å². The third-order valence-electron chi connectivity index (χ3n) is 3.37. The zero-order valence-corrected chi connectivity index (χ0v) is 11.2. The minimum atomic E-state index is -0.369. The number of benzene rings is 1. The van der Waals surface area contributed by atoms with Crippen molar-refractivity contribution < 1.29 is 14.4 Å². The number of hydrogen-bond donors (Lipinski definition) is 0. The first-order valence-corrected chi connectivity index (χ1v) is 6.32. The summed E-state index contributed by atoms with van der Waals surface area (Å²) >= 11 is 0. The second-order valence-corrected chi connectivity index (χ2v) is 4.50. The van der Waals surface area contributed by atoms with Crippen molar-refractivity contribution in [2.75, 3.05) is 32.2 Å². The van der Waals surface area contributed by atoms with Crippen LogP contribution in [0.4, 0.5) is 11.4 Å². The molecule has 0 aromatic heterocycles. The van der Waals surface area contributed by atoms with Gasteiger partial charge in [-0.25, -0.2) is 0 Å². The normalized spacial score (nSPS) is 15.2. The van der Waals surface area contributed by atoms with Crippen LogP contribution in [0.3, 0.4) is 0 Å². The highest BCUT2D eigenvalue weighted by Crippen LogP contribution is 2.40. The van der Waals surface area contributed by atoms with Crippen molar-refractivity contribution in [3.05, 3.63) is 22.2 Å². The van der Waals surface area contributed by atoms with E-state index in [-0.39, 0.29) is 10.6 Å². The Hall–Kier alpha value is -1.98. The number of nitro benzene ring substituents is 1. The van der Waals surface area contributed by atoms with Crippen LogP contribution in [0.1, 0.15) is 19.3 Å². The quantitative estimate of drug-likeness (QED) is 0.619. The Labute approximate surface area is 112 Å². The van der Waals surface area contributed by atoms with Gasteiger partial charge in [0, 0.05) is 19.2 Å². The fourth-order valence-corrected chi connectivity index (χ4v) is 2.39. The highest BCUT2D eigenvalue weighted by Gasteiger charge is 2.24. The maximum absolute atomic E-state index is 11.2. The molecule has 104 valence electrons. The van der Waals surface area contributed by atoms with E-state index in [1.807, 2.05) is 4.90 Å². The van der Waals surface area contributed by atoms with Crippen LogP contribution in [0.25, 0.3) is 0 Å². The van der Waals surface area contributed by atoms with Gasteiger partial charge in [-0.2, -0.15) is 0 Å². The van der Waals surface area contributed by atoms with E-state index in [9.17, 15) is 10.1 Å². The van der Waals surface area contributed by atoms with Gasteiger partial charge in [-0.15, -0.1) is 0 Å². The standard InChI is InChI=1S/C13H18N2O4/c1-18-12-8-10(14-6-4-3-5-7-14)11(15(16)17)9-13(12)19-2/h8-9H,3-7H2,1-2H3. The second kappa shape index (κ2) is 5.77. The lowest BCUT2D eigenvalue weighted by Gasteiger charge is -2.28. The Morgan fingerprint density at radius 3 is 2.21 bits per heavy atom. The minimum absolute atomic E-state index is 0.0690. The number of ether oxygens (including phenoxy) is 2.